The monoisotopic (exact) mass is 166 g/mol. The van der Waals surface area contributed by atoms with E-state index in [0.717, 1.165) is 19.3 Å². The molecule has 0 radical (unpaired) electrons. The van der Waals surface area contributed by atoms with Gasteiger partial charge in [0.05, 0.1) is 6.10 Å². The number of ether oxygens (including phenoxy) is 1. The summed E-state index contributed by atoms with van der Waals surface area (Å²) in [6.07, 6.45) is 11.6. The van der Waals surface area contributed by atoms with Crippen molar-refractivity contribution < 1.29 is 4.74 Å². The third-order valence-corrected chi connectivity index (χ3v) is 2.50. The van der Waals surface area contributed by atoms with Crippen LogP contribution in [-0.2, 0) is 4.74 Å². The van der Waals surface area contributed by atoms with Gasteiger partial charge < -0.3 is 4.74 Å². The molecule has 1 heteroatoms. The van der Waals surface area contributed by atoms with E-state index < -0.39 is 0 Å². The second-order valence-corrected chi connectivity index (χ2v) is 3.53. The number of epoxide rings is 1. The first-order valence-electron chi connectivity index (χ1n) is 4.94. The largest absolute Gasteiger partial charge is 0.352 e. The van der Waals surface area contributed by atoms with Crippen LogP contribution in [0.4, 0.5) is 0 Å². The first-order chi connectivity index (χ1) is 5.79. The molecule has 0 aromatic carbocycles. The zero-order valence-corrected chi connectivity index (χ0v) is 8.10. The van der Waals surface area contributed by atoms with Gasteiger partial charge in [-0.3, -0.25) is 0 Å². The van der Waals surface area contributed by atoms with Crippen LogP contribution < -0.4 is 0 Å². The Labute approximate surface area is 75.5 Å². The molecule has 2 atom stereocenters. The van der Waals surface area contributed by atoms with Gasteiger partial charge in [-0.25, -0.2) is 0 Å². The molecule has 1 saturated heterocycles. The van der Waals surface area contributed by atoms with E-state index >= 15 is 0 Å². The van der Waals surface area contributed by atoms with Gasteiger partial charge >= 0.3 is 0 Å². The molecule has 0 spiro atoms. The lowest BCUT2D eigenvalue weighted by atomic mass is 9.97. The fourth-order valence-electron chi connectivity index (χ4n) is 1.69. The summed E-state index contributed by atoms with van der Waals surface area (Å²) >= 11 is 0. The Morgan fingerprint density at radius 1 is 1.42 bits per heavy atom. The van der Waals surface area contributed by atoms with Gasteiger partial charge in [0.25, 0.3) is 0 Å². The van der Waals surface area contributed by atoms with Crippen molar-refractivity contribution in [1.82, 2.24) is 0 Å². The van der Waals surface area contributed by atoms with Crippen LogP contribution in [0.25, 0.3) is 0 Å². The predicted molar refractivity (Wildman–Crippen MR) is 50.9 cm³/mol. The molecular weight excluding hydrogens is 148 g/mol. The molecule has 1 aliphatic rings. The number of rotatable bonds is 5. The predicted octanol–water partition coefficient (Wildman–Crippen LogP) is 2.75. The SMILES string of the molecule is C#C[C@]1(CCC)O[C@@H]1CCCC. The highest BCUT2D eigenvalue weighted by Gasteiger charge is 2.53. The zero-order chi connectivity index (χ0) is 9.03. The number of unbranched alkanes of at least 4 members (excludes halogenated alkanes) is 1. The molecule has 1 aliphatic heterocycles. The van der Waals surface area contributed by atoms with Crippen LogP contribution in [0.5, 0.6) is 0 Å². The lowest BCUT2D eigenvalue weighted by Gasteiger charge is -2.01. The molecule has 68 valence electrons. The fraction of sp³-hybridized carbons (Fsp3) is 0.818. The van der Waals surface area contributed by atoms with Gasteiger partial charge in [-0.1, -0.05) is 39.0 Å². The maximum absolute atomic E-state index is 5.56. The third-order valence-electron chi connectivity index (χ3n) is 2.50. The molecule has 1 heterocycles. The molecule has 1 rings (SSSR count). The third kappa shape index (κ3) is 1.81. The molecule has 1 fully saturated rings. The highest BCUT2D eigenvalue weighted by molar-refractivity contribution is 5.21. The normalized spacial score (nSPS) is 32.9. The first kappa shape index (κ1) is 9.61. The molecule has 0 aliphatic carbocycles. The maximum atomic E-state index is 5.56. The van der Waals surface area contributed by atoms with Gasteiger partial charge in [0.2, 0.25) is 0 Å². The minimum absolute atomic E-state index is 0.163. The summed E-state index contributed by atoms with van der Waals surface area (Å²) in [5, 5.41) is 0. The quantitative estimate of drug-likeness (QED) is 0.452. The minimum Gasteiger partial charge on any atom is -0.352 e. The van der Waals surface area contributed by atoms with Crippen LogP contribution in [0.15, 0.2) is 0 Å². The van der Waals surface area contributed by atoms with Crippen LogP contribution in [-0.4, -0.2) is 11.7 Å². The van der Waals surface area contributed by atoms with Crippen molar-refractivity contribution in [2.45, 2.75) is 57.7 Å². The summed E-state index contributed by atoms with van der Waals surface area (Å²) in [6.45, 7) is 4.34. The van der Waals surface area contributed by atoms with Gasteiger partial charge in [0.15, 0.2) is 5.60 Å². The van der Waals surface area contributed by atoms with Gasteiger partial charge in [-0.2, -0.15) is 0 Å². The Morgan fingerprint density at radius 2 is 2.17 bits per heavy atom. The van der Waals surface area contributed by atoms with E-state index in [1.807, 2.05) is 0 Å². The van der Waals surface area contributed by atoms with Gasteiger partial charge in [0.1, 0.15) is 0 Å². The van der Waals surface area contributed by atoms with Crippen molar-refractivity contribution in [2.75, 3.05) is 0 Å². The molecule has 1 nitrogen and oxygen atoms in total. The highest BCUT2D eigenvalue weighted by atomic mass is 16.6. The fourth-order valence-corrected chi connectivity index (χ4v) is 1.69. The topological polar surface area (TPSA) is 12.5 Å². The summed E-state index contributed by atoms with van der Waals surface area (Å²) in [6, 6.07) is 0. The number of hydrogen-bond acceptors (Lipinski definition) is 1. The molecule has 0 unspecified atom stereocenters. The van der Waals surface area contributed by atoms with E-state index in [0.29, 0.717) is 6.10 Å². The van der Waals surface area contributed by atoms with Crippen LogP contribution in [0.2, 0.25) is 0 Å². The Hall–Kier alpha value is -0.480. The van der Waals surface area contributed by atoms with Gasteiger partial charge in [0, 0.05) is 0 Å². The van der Waals surface area contributed by atoms with Crippen molar-refractivity contribution in [2.24, 2.45) is 0 Å². The summed E-state index contributed by atoms with van der Waals surface area (Å²) < 4.78 is 5.56. The average Bonchev–Trinajstić information content (AvgIpc) is 2.77. The van der Waals surface area contributed by atoms with Crippen molar-refractivity contribution in [3.8, 4) is 12.3 Å². The average molecular weight is 166 g/mol. The van der Waals surface area contributed by atoms with E-state index in [-0.39, 0.29) is 5.60 Å². The van der Waals surface area contributed by atoms with E-state index in [1.54, 1.807) is 0 Å². The molecule has 0 N–H and O–H groups in total. The lowest BCUT2D eigenvalue weighted by Crippen LogP contribution is -2.11. The van der Waals surface area contributed by atoms with Gasteiger partial charge in [-0.05, 0) is 12.8 Å². The number of hydrogen-bond donors (Lipinski definition) is 0. The summed E-state index contributed by atoms with van der Waals surface area (Å²) in [5.74, 6) is 2.79. The Kier molecular flexibility index (Phi) is 3.17. The molecule has 0 aromatic rings. The highest BCUT2D eigenvalue weighted by Crippen LogP contribution is 2.42. The molecule has 12 heavy (non-hydrogen) atoms. The summed E-state index contributed by atoms with van der Waals surface area (Å²) in [5.41, 5.74) is -0.163. The molecule has 0 bridgehead atoms. The standard InChI is InChI=1S/C11H18O/c1-4-7-8-10-11(6-3,12-10)9-5-2/h3,10H,4-5,7-9H2,1-2H3/t10-,11-/m1/s1. The van der Waals surface area contributed by atoms with Crippen LogP contribution in [0.3, 0.4) is 0 Å². The van der Waals surface area contributed by atoms with Crippen LogP contribution in [0, 0.1) is 12.3 Å². The molecule has 0 saturated carbocycles. The van der Waals surface area contributed by atoms with E-state index in [2.05, 4.69) is 19.8 Å². The maximum Gasteiger partial charge on any atom is 0.154 e. The van der Waals surface area contributed by atoms with Gasteiger partial charge in [-0.15, -0.1) is 6.42 Å². The Morgan fingerprint density at radius 3 is 2.67 bits per heavy atom. The lowest BCUT2D eigenvalue weighted by molar-refractivity contribution is 0.319. The van der Waals surface area contributed by atoms with Crippen LogP contribution in [0.1, 0.15) is 46.0 Å². The van der Waals surface area contributed by atoms with E-state index in [4.69, 9.17) is 11.2 Å². The van der Waals surface area contributed by atoms with Crippen molar-refractivity contribution in [3.05, 3.63) is 0 Å². The summed E-state index contributed by atoms with van der Waals surface area (Å²) in [4.78, 5) is 0. The van der Waals surface area contributed by atoms with E-state index in [9.17, 15) is 0 Å². The second kappa shape index (κ2) is 3.96. The molecule has 0 amide bonds. The van der Waals surface area contributed by atoms with Crippen molar-refractivity contribution in [3.63, 3.8) is 0 Å². The van der Waals surface area contributed by atoms with Crippen molar-refractivity contribution >= 4 is 0 Å². The second-order valence-electron chi connectivity index (χ2n) is 3.53. The molecular formula is C11H18O. The first-order valence-corrected chi connectivity index (χ1v) is 4.94. The van der Waals surface area contributed by atoms with Crippen LogP contribution >= 0.6 is 0 Å². The smallest absolute Gasteiger partial charge is 0.154 e. The Bertz CT molecular complexity index is 180. The van der Waals surface area contributed by atoms with Crippen molar-refractivity contribution in [1.29, 1.82) is 0 Å². The molecule has 0 aromatic heterocycles. The minimum atomic E-state index is -0.163. The zero-order valence-electron chi connectivity index (χ0n) is 8.10. The van der Waals surface area contributed by atoms with E-state index in [1.165, 1.54) is 12.8 Å². The number of terminal acetylenes is 1. The Balaban J connectivity index is 2.30. The summed E-state index contributed by atoms with van der Waals surface area (Å²) in [7, 11) is 0.